The number of ether oxygens (including phenoxy) is 2. The van der Waals surface area contributed by atoms with Crippen LogP contribution in [0, 0.1) is 28.5 Å². The molecule has 5 rings (SSSR count). The van der Waals surface area contributed by atoms with Crippen LogP contribution in [0.2, 0.25) is 0 Å². The lowest BCUT2D eigenvalue weighted by atomic mass is 10.1. The molecule has 0 radical (unpaired) electrons. The minimum Gasteiger partial charge on any atom is -0.488 e. The molecule has 150 valence electrons. The summed E-state index contributed by atoms with van der Waals surface area (Å²) in [5.41, 5.74) is 3.24. The second kappa shape index (κ2) is 7.43. The van der Waals surface area contributed by atoms with E-state index in [1.54, 1.807) is 24.3 Å². The Kier molecular flexibility index (Phi) is 4.46. The largest absolute Gasteiger partial charge is 0.488 e. The summed E-state index contributed by atoms with van der Waals surface area (Å²) in [6.07, 6.45) is 1.30. The number of aromatic nitrogens is 3. The van der Waals surface area contributed by atoms with Gasteiger partial charge in [-0.25, -0.2) is 4.39 Å². The highest BCUT2D eigenvalue weighted by molar-refractivity contribution is 5.78. The molecule has 2 aromatic carbocycles. The summed E-state index contributed by atoms with van der Waals surface area (Å²) in [5, 5.41) is 18.0. The molecule has 0 saturated heterocycles. The van der Waals surface area contributed by atoms with E-state index in [4.69, 9.17) is 20.0 Å². The van der Waals surface area contributed by atoms with Crippen molar-refractivity contribution in [1.82, 2.24) is 14.5 Å². The van der Waals surface area contributed by atoms with Crippen LogP contribution in [0.3, 0.4) is 0 Å². The second-order valence-electron chi connectivity index (χ2n) is 7.06. The Morgan fingerprint density at radius 3 is 2.68 bits per heavy atom. The first-order valence-electron chi connectivity index (χ1n) is 9.50. The van der Waals surface area contributed by atoms with Crippen molar-refractivity contribution in [2.75, 3.05) is 6.61 Å². The normalized spacial score (nSPS) is 14.5. The van der Waals surface area contributed by atoms with Crippen molar-refractivity contribution in [3.8, 4) is 35.2 Å². The molecule has 1 aliphatic rings. The minimum atomic E-state index is -0.442. The van der Waals surface area contributed by atoms with Gasteiger partial charge in [-0.15, -0.1) is 0 Å². The van der Waals surface area contributed by atoms with Crippen molar-refractivity contribution in [2.24, 2.45) is 0 Å². The van der Waals surface area contributed by atoms with Gasteiger partial charge in [0.05, 0.1) is 52.7 Å². The van der Waals surface area contributed by atoms with Crippen molar-refractivity contribution in [1.29, 1.82) is 10.5 Å². The van der Waals surface area contributed by atoms with Gasteiger partial charge in [0.15, 0.2) is 6.10 Å². The SMILES string of the molecule is N#Cc1ccc(F)c(-c2ccc(OC[C@@H]3Cn4c(nc5cc(C#N)ccc54)O3)cn2)c1. The molecule has 1 atom stereocenters. The number of imidazole rings is 1. The molecule has 0 saturated carbocycles. The molecule has 0 unspecified atom stereocenters. The van der Waals surface area contributed by atoms with Gasteiger partial charge in [-0.05, 0) is 48.5 Å². The van der Waals surface area contributed by atoms with Crippen molar-refractivity contribution in [2.45, 2.75) is 12.6 Å². The van der Waals surface area contributed by atoms with Gasteiger partial charge < -0.3 is 9.47 Å². The Hall–Kier alpha value is -4.43. The summed E-state index contributed by atoms with van der Waals surface area (Å²) in [6.45, 7) is 0.871. The van der Waals surface area contributed by atoms with Gasteiger partial charge >= 0.3 is 0 Å². The highest BCUT2D eigenvalue weighted by Gasteiger charge is 2.27. The average molecular weight is 411 g/mol. The molecule has 0 fully saturated rings. The number of halogens is 1. The Balaban J connectivity index is 1.25. The first-order valence-corrected chi connectivity index (χ1v) is 9.50. The molecule has 4 aromatic rings. The Morgan fingerprint density at radius 2 is 1.90 bits per heavy atom. The average Bonchev–Trinajstić information content (AvgIpc) is 3.35. The van der Waals surface area contributed by atoms with Crippen LogP contribution in [-0.2, 0) is 6.54 Å². The summed E-state index contributed by atoms with van der Waals surface area (Å²) in [5.74, 6) is 0.0836. The van der Waals surface area contributed by atoms with Crippen LogP contribution in [0.15, 0.2) is 54.7 Å². The minimum absolute atomic E-state index is 0.216. The number of pyridine rings is 1. The number of rotatable bonds is 4. The van der Waals surface area contributed by atoms with Crippen LogP contribution in [0.25, 0.3) is 22.3 Å². The Morgan fingerprint density at radius 1 is 1.10 bits per heavy atom. The van der Waals surface area contributed by atoms with Gasteiger partial charge in [-0.2, -0.15) is 15.5 Å². The van der Waals surface area contributed by atoms with Gasteiger partial charge in [0.2, 0.25) is 0 Å². The molecule has 1 aliphatic heterocycles. The zero-order valence-corrected chi connectivity index (χ0v) is 16.1. The van der Waals surface area contributed by atoms with Crippen LogP contribution in [0.1, 0.15) is 11.1 Å². The van der Waals surface area contributed by atoms with E-state index >= 15 is 0 Å². The van der Waals surface area contributed by atoms with E-state index in [9.17, 15) is 4.39 Å². The third-order valence-electron chi connectivity index (χ3n) is 5.04. The maximum atomic E-state index is 14.1. The third kappa shape index (κ3) is 3.41. The molecule has 7 nitrogen and oxygen atoms in total. The van der Waals surface area contributed by atoms with Crippen molar-refractivity contribution in [3.63, 3.8) is 0 Å². The molecule has 3 heterocycles. The second-order valence-corrected chi connectivity index (χ2v) is 7.06. The lowest BCUT2D eigenvalue weighted by Gasteiger charge is -2.12. The smallest absolute Gasteiger partial charge is 0.297 e. The van der Waals surface area contributed by atoms with E-state index in [1.807, 2.05) is 16.7 Å². The highest BCUT2D eigenvalue weighted by Crippen LogP contribution is 2.29. The zero-order valence-electron chi connectivity index (χ0n) is 16.1. The Bertz CT molecular complexity index is 1380. The Labute approximate surface area is 176 Å². The molecule has 0 amide bonds. The number of fused-ring (bicyclic) bond motifs is 3. The summed E-state index contributed by atoms with van der Waals surface area (Å²) in [4.78, 5) is 8.70. The zero-order chi connectivity index (χ0) is 21.4. The van der Waals surface area contributed by atoms with E-state index in [-0.39, 0.29) is 11.7 Å². The van der Waals surface area contributed by atoms with Crippen molar-refractivity contribution >= 4 is 11.0 Å². The van der Waals surface area contributed by atoms with Crippen LogP contribution >= 0.6 is 0 Å². The molecule has 31 heavy (non-hydrogen) atoms. The molecule has 2 aromatic heterocycles. The maximum Gasteiger partial charge on any atom is 0.297 e. The molecule has 0 bridgehead atoms. The fourth-order valence-corrected chi connectivity index (χ4v) is 3.53. The van der Waals surface area contributed by atoms with Gasteiger partial charge in [0, 0.05) is 5.56 Å². The molecular formula is C23H14FN5O2. The van der Waals surface area contributed by atoms with Gasteiger partial charge in [0.1, 0.15) is 18.2 Å². The van der Waals surface area contributed by atoms with Gasteiger partial charge in [-0.3, -0.25) is 9.55 Å². The van der Waals surface area contributed by atoms with Crippen molar-refractivity contribution < 1.29 is 13.9 Å². The molecule has 0 N–H and O–H groups in total. The quantitative estimate of drug-likeness (QED) is 0.506. The van der Waals surface area contributed by atoms with Crippen LogP contribution < -0.4 is 9.47 Å². The standard InChI is InChI=1S/C23H14FN5O2/c24-19-4-1-14(9-25)7-18(19)20-5-3-16(11-27-20)30-13-17-12-29-22-6-2-15(10-26)8-21(22)28-23(29)31-17/h1-8,11,17H,12-13H2/t17-/m0/s1. The summed E-state index contributed by atoms with van der Waals surface area (Å²) in [6, 6.07) is 17.4. The lowest BCUT2D eigenvalue weighted by molar-refractivity contribution is 0.143. The van der Waals surface area contributed by atoms with Gasteiger partial charge in [-0.1, -0.05) is 0 Å². The van der Waals surface area contributed by atoms with Crippen LogP contribution in [0.4, 0.5) is 4.39 Å². The summed E-state index contributed by atoms with van der Waals surface area (Å²) in [7, 11) is 0. The maximum absolute atomic E-state index is 14.1. The number of hydrogen-bond acceptors (Lipinski definition) is 6. The fourth-order valence-electron chi connectivity index (χ4n) is 3.53. The molecule has 8 heteroatoms. The predicted octanol–water partition coefficient (Wildman–Crippen LogP) is 3.82. The monoisotopic (exact) mass is 411 g/mol. The predicted molar refractivity (Wildman–Crippen MR) is 109 cm³/mol. The number of nitrogens with zero attached hydrogens (tertiary/aromatic N) is 5. The summed E-state index contributed by atoms with van der Waals surface area (Å²) >= 11 is 0. The lowest BCUT2D eigenvalue weighted by Crippen LogP contribution is -2.23. The highest BCUT2D eigenvalue weighted by atomic mass is 19.1. The van der Waals surface area contributed by atoms with Crippen molar-refractivity contribution in [3.05, 3.63) is 71.7 Å². The number of benzene rings is 2. The van der Waals surface area contributed by atoms with E-state index in [0.717, 1.165) is 11.0 Å². The fraction of sp³-hybridized carbons (Fsp3) is 0.130. The number of hydrogen-bond donors (Lipinski definition) is 0. The van der Waals surface area contributed by atoms with Gasteiger partial charge in [0.25, 0.3) is 6.01 Å². The van der Waals surface area contributed by atoms with Crippen LogP contribution in [-0.4, -0.2) is 27.2 Å². The topological polar surface area (TPSA) is 96.8 Å². The molecular weight excluding hydrogens is 397 g/mol. The number of nitriles is 2. The summed E-state index contributed by atoms with van der Waals surface area (Å²) < 4.78 is 27.7. The van der Waals surface area contributed by atoms with E-state index < -0.39 is 5.82 Å². The van der Waals surface area contributed by atoms with Crippen LogP contribution in [0.5, 0.6) is 11.8 Å². The third-order valence-corrected chi connectivity index (χ3v) is 5.04. The van der Waals surface area contributed by atoms with E-state index in [0.29, 0.717) is 41.7 Å². The first-order chi connectivity index (χ1) is 15.1. The van der Waals surface area contributed by atoms with E-state index in [2.05, 4.69) is 16.0 Å². The first kappa shape index (κ1) is 18.6. The molecule has 0 aliphatic carbocycles. The van der Waals surface area contributed by atoms with E-state index in [1.165, 1.54) is 24.4 Å². The molecule has 0 spiro atoms.